The van der Waals surface area contributed by atoms with Gasteiger partial charge in [0.25, 0.3) is 11.7 Å². The second-order valence-electron chi connectivity index (χ2n) is 6.88. The van der Waals surface area contributed by atoms with Crippen molar-refractivity contribution in [3.8, 4) is 0 Å². The Morgan fingerprint density at radius 3 is 2.34 bits per heavy atom. The molecule has 150 valence electrons. The van der Waals surface area contributed by atoms with Gasteiger partial charge in [-0.2, -0.15) is 0 Å². The second-order valence-corrected chi connectivity index (χ2v) is 7.28. The lowest BCUT2D eigenvalue weighted by Crippen LogP contribution is -2.31. The van der Waals surface area contributed by atoms with Crippen molar-refractivity contribution in [2.75, 3.05) is 6.54 Å². The molecule has 3 rings (SSSR count). The number of ketones is 1. The number of carbonyl (C=O) groups excluding carboxylic acids is 2. The van der Waals surface area contributed by atoms with Crippen molar-refractivity contribution in [3.05, 3.63) is 75.8 Å². The summed E-state index contributed by atoms with van der Waals surface area (Å²) < 4.78 is 0. The van der Waals surface area contributed by atoms with Crippen LogP contribution in [-0.4, -0.2) is 39.3 Å². The largest absolute Gasteiger partial charge is 0.507 e. The minimum atomic E-state index is -0.990. The van der Waals surface area contributed by atoms with E-state index in [1.165, 1.54) is 4.90 Å². The zero-order chi connectivity index (χ0) is 21.1. The first kappa shape index (κ1) is 20.6. The van der Waals surface area contributed by atoms with Gasteiger partial charge in [0.15, 0.2) is 0 Å². The van der Waals surface area contributed by atoms with E-state index in [4.69, 9.17) is 16.7 Å². The van der Waals surface area contributed by atoms with Gasteiger partial charge in [-0.15, -0.1) is 0 Å². The lowest BCUT2D eigenvalue weighted by Gasteiger charge is -2.25. The number of Topliss-reactive ketones (excluding diaryl/α,β-unsaturated/α-hetero) is 1. The van der Waals surface area contributed by atoms with Gasteiger partial charge in [-0.3, -0.25) is 14.4 Å². The van der Waals surface area contributed by atoms with E-state index in [2.05, 4.69) is 0 Å². The number of nitrogens with zero attached hydrogens (tertiary/aromatic N) is 1. The summed E-state index contributed by atoms with van der Waals surface area (Å²) >= 11 is 6.34. The summed E-state index contributed by atoms with van der Waals surface area (Å²) in [5.41, 5.74) is 1.84. The van der Waals surface area contributed by atoms with Crippen molar-refractivity contribution in [3.63, 3.8) is 0 Å². The van der Waals surface area contributed by atoms with Crippen LogP contribution in [0.5, 0.6) is 0 Å². The number of carboxylic acids is 1. The minimum Gasteiger partial charge on any atom is -0.507 e. The average Bonchev–Trinajstić information content (AvgIpc) is 2.93. The van der Waals surface area contributed by atoms with Gasteiger partial charge in [0, 0.05) is 23.6 Å². The van der Waals surface area contributed by atoms with Gasteiger partial charge >= 0.3 is 5.97 Å². The van der Waals surface area contributed by atoms with Crippen LogP contribution >= 0.6 is 11.6 Å². The van der Waals surface area contributed by atoms with Gasteiger partial charge in [0.2, 0.25) is 0 Å². The van der Waals surface area contributed by atoms with Crippen LogP contribution in [-0.2, 0) is 14.4 Å². The maximum Gasteiger partial charge on any atom is 0.303 e. The van der Waals surface area contributed by atoms with E-state index in [0.29, 0.717) is 16.1 Å². The molecule has 0 saturated carbocycles. The van der Waals surface area contributed by atoms with E-state index in [9.17, 15) is 19.5 Å². The first-order valence-corrected chi connectivity index (χ1v) is 9.50. The zero-order valence-corrected chi connectivity index (χ0v) is 16.5. The molecule has 2 aromatic rings. The standard InChI is InChI=1S/C22H20ClNO5/c1-13-8-10-14(11-9-13)20(27)18-19(15-5-2-3-6-16(15)23)24(22(29)21(18)28)12-4-7-17(25)26/h2-3,5-6,8-11,19,27H,4,7,12H2,1H3,(H,25,26)/b20-18+. The fourth-order valence-corrected chi connectivity index (χ4v) is 3.64. The van der Waals surface area contributed by atoms with Crippen LogP contribution in [0, 0.1) is 6.92 Å². The zero-order valence-electron chi connectivity index (χ0n) is 15.8. The smallest absolute Gasteiger partial charge is 0.303 e. The summed E-state index contributed by atoms with van der Waals surface area (Å²) in [5.74, 6) is -2.87. The molecule has 1 unspecified atom stereocenters. The molecule has 1 aliphatic rings. The highest BCUT2D eigenvalue weighted by atomic mass is 35.5. The Labute approximate surface area is 173 Å². The Hall–Kier alpha value is -3.12. The molecule has 1 aliphatic heterocycles. The van der Waals surface area contributed by atoms with E-state index in [0.717, 1.165) is 5.56 Å². The lowest BCUT2D eigenvalue weighted by atomic mass is 9.95. The SMILES string of the molecule is Cc1ccc(/C(O)=C2\C(=O)C(=O)N(CCCC(=O)O)C2c2ccccc2Cl)cc1. The van der Waals surface area contributed by atoms with Crippen LogP contribution in [0.25, 0.3) is 5.76 Å². The summed E-state index contributed by atoms with van der Waals surface area (Å²) in [4.78, 5) is 37.7. The number of carboxylic acid groups (broad SMARTS) is 1. The number of halogens is 1. The van der Waals surface area contributed by atoms with Gasteiger partial charge in [-0.05, 0) is 25.0 Å². The van der Waals surface area contributed by atoms with Crippen molar-refractivity contribution in [2.24, 2.45) is 0 Å². The molecule has 0 radical (unpaired) electrons. The third-order valence-corrected chi connectivity index (χ3v) is 5.20. The predicted molar refractivity (Wildman–Crippen MR) is 109 cm³/mol. The number of aliphatic hydroxyl groups excluding tert-OH is 1. The molecule has 1 amide bonds. The Bertz CT molecular complexity index is 997. The van der Waals surface area contributed by atoms with Gasteiger partial charge < -0.3 is 15.1 Å². The molecule has 1 saturated heterocycles. The van der Waals surface area contributed by atoms with E-state index >= 15 is 0 Å². The summed E-state index contributed by atoms with van der Waals surface area (Å²) in [6.45, 7) is 1.95. The quantitative estimate of drug-likeness (QED) is 0.425. The number of hydrogen-bond acceptors (Lipinski definition) is 4. The molecular formula is C22H20ClNO5. The summed E-state index contributed by atoms with van der Waals surface area (Å²) in [7, 11) is 0. The van der Waals surface area contributed by atoms with Gasteiger partial charge in [-0.1, -0.05) is 59.6 Å². The first-order valence-electron chi connectivity index (χ1n) is 9.13. The van der Waals surface area contributed by atoms with E-state index < -0.39 is 23.7 Å². The third-order valence-electron chi connectivity index (χ3n) is 4.85. The predicted octanol–water partition coefficient (Wildman–Crippen LogP) is 3.93. The number of aliphatic carboxylic acids is 1. The number of hydrogen-bond donors (Lipinski definition) is 2. The molecule has 1 heterocycles. The number of aliphatic hydroxyl groups is 1. The monoisotopic (exact) mass is 413 g/mol. The van der Waals surface area contributed by atoms with Crippen molar-refractivity contribution in [1.29, 1.82) is 0 Å². The number of carbonyl (C=O) groups is 3. The van der Waals surface area contributed by atoms with Crippen LogP contribution in [0.2, 0.25) is 5.02 Å². The van der Waals surface area contributed by atoms with Crippen molar-refractivity contribution in [1.82, 2.24) is 4.90 Å². The number of rotatable bonds is 6. The van der Waals surface area contributed by atoms with Crippen LogP contribution in [0.3, 0.4) is 0 Å². The second kappa shape index (κ2) is 8.49. The van der Waals surface area contributed by atoms with Crippen molar-refractivity contribution < 1.29 is 24.6 Å². The Morgan fingerprint density at radius 2 is 1.72 bits per heavy atom. The molecule has 0 aliphatic carbocycles. The number of likely N-dealkylation sites (tertiary alicyclic amines) is 1. The fourth-order valence-electron chi connectivity index (χ4n) is 3.40. The van der Waals surface area contributed by atoms with E-state index in [1.807, 2.05) is 6.92 Å². The number of benzene rings is 2. The highest BCUT2D eigenvalue weighted by molar-refractivity contribution is 6.47. The first-order chi connectivity index (χ1) is 13.8. The third kappa shape index (κ3) is 4.17. The lowest BCUT2D eigenvalue weighted by molar-refractivity contribution is -0.140. The number of amides is 1. The van der Waals surface area contributed by atoms with Crippen molar-refractivity contribution >= 4 is 35.0 Å². The maximum atomic E-state index is 12.8. The van der Waals surface area contributed by atoms with Crippen LogP contribution in [0.4, 0.5) is 0 Å². The molecule has 6 nitrogen and oxygen atoms in total. The molecule has 0 bridgehead atoms. The average molecular weight is 414 g/mol. The minimum absolute atomic E-state index is 0.0530. The van der Waals surface area contributed by atoms with Crippen LogP contribution < -0.4 is 0 Å². The topological polar surface area (TPSA) is 94.9 Å². The van der Waals surface area contributed by atoms with Crippen molar-refractivity contribution in [2.45, 2.75) is 25.8 Å². The molecule has 0 spiro atoms. The summed E-state index contributed by atoms with van der Waals surface area (Å²) in [5, 5.41) is 20.1. The van der Waals surface area contributed by atoms with Gasteiger partial charge in [0.1, 0.15) is 5.76 Å². The molecule has 1 fully saturated rings. The fraction of sp³-hybridized carbons (Fsp3) is 0.227. The molecule has 2 N–H and O–H groups in total. The molecule has 1 atom stereocenters. The van der Waals surface area contributed by atoms with E-state index in [1.54, 1.807) is 48.5 Å². The molecule has 29 heavy (non-hydrogen) atoms. The van der Waals surface area contributed by atoms with Crippen LogP contribution in [0.1, 0.15) is 35.6 Å². The van der Waals surface area contributed by atoms with Crippen LogP contribution in [0.15, 0.2) is 54.1 Å². The molecule has 2 aromatic carbocycles. The molecule has 0 aromatic heterocycles. The molecule has 7 heteroatoms. The number of aryl methyl sites for hydroxylation is 1. The molecular weight excluding hydrogens is 394 g/mol. The summed E-state index contributed by atoms with van der Waals surface area (Å²) in [6, 6.07) is 12.8. The highest BCUT2D eigenvalue weighted by Gasteiger charge is 2.46. The summed E-state index contributed by atoms with van der Waals surface area (Å²) in [6.07, 6.45) is 0.0318. The Morgan fingerprint density at radius 1 is 1.07 bits per heavy atom. The van der Waals surface area contributed by atoms with Gasteiger partial charge in [0.05, 0.1) is 11.6 Å². The normalized spacial score (nSPS) is 18.3. The van der Waals surface area contributed by atoms with Gasteiger partial charge in [-0.25, -0.2) is 0 Å². The highest BCUT2D eigenvalue weighted by Crippen LogP contribution is 2.41. The Balaban J connectivity index is 2.12. The van der Waals surface area contributed by atoms with E-state index in [-0.39, 0.29) is 30.7 Å². The Kier molecular flexibility index (Phi) is 6.03. The maximum absolute atomic E-state index is 12.8.